The van der Waals surface area contributed by atoms with Crippen molar-refractivity contribution in [1.29, 1.82) is 0 Å². The second kappa shape index (κ2) is 5.78. The Hall–Kier alpha value is -0.290. The maximum atomic E-state index is 12.5. The molecule has 0 aromatic heterocycles. The minimum atomic E-state index is -4.08. The zero-order valence-electron chi connectivity index (χ0n) is 11.0. The molecule has 18 heavy (non-hydrogen) atoms. The van der Waals surface area contributed by atoms with Crippen LogP contribution in [0.3, 0.4) is 0 Å². The molecule has 0 bridgehead atoms. The van der Waals surface area contributed by atoms with Crippen LogP contribution >= 0.6 is 0 Å². The maximum Gasteiger partial charge on any atom is 0.401 e. The summed E-state index contributed by atoms with van der Waals surface area (Å²) in [5.41, 5.74) is 0. The second-order valence-corrected chi connectivity index (χ2v) is 5.81. The highest BCUT2D eigenvalue weighted by molar-refractivity contribution is 4.89. The lowest BCUT2D eigenvalue weighted by Gasteiger charge is -2.43. The van der Waals surface area contributed by atoms with Gasteiger partial charge in [-0.2, -0.15) is 13.2 Å². The monoisotopic (exact) mass is 264 g/mol. The number of piperazine rings is 1. The zero-order valence-corrected chi connectivity index (χ0v) is 11.0. The van der Waals surface area contributed by atoms with E-state index in [0.717, 1.165) is 0 Å². The topological polar surface area (TPSA) is 15.3 Å². The first-order valence-corrected chi connectivity index (χ1v) is 7.00. The van der Waals surface area contributed by atoms with Crippen molar-refractivity contribution in [3.63, 3.8) is 0 Å². The minimum Gasteiger partial charge on any atom is -0.311 e. The van der Waals surface area contributed by atoms with Gasteiger partial charge in [0, 0.05) is 25.2 Å². The Morgan fingerprint density at radius 3 is 2.44 bits per heavy atom. The Kier molecular flexibility index (Phi) is 4.54. The lowest BCUT2D eigenvalue weighted by molar-refractivity contribution is -0.154. The van der Waals surface area contributed by atoms with E-state index in [2.05, 4.69) is 5.32 Å². The molecular formula is C13H23F3N2. The molecule has 0 amide bonds. The van der Waals surface area contributed by atoms with Crippen molar-refractivity contribution >= 4 is 0 Å². The Bertz CT molecular complexity index is 261. The van der Waals surface area contributed by atoms with Gasteiger partial charge in [0.2, 0.25) is 0 Å². The van der Waals surface area contributed by atoms with Gasteiger partial charge in [-0.15, -0.1) is 0 Å². The molecule has 2 aliphatic rings. The molecule has 0 spiro atoms. The smallest absolute Gasteiger partial charge is 0.311 e. The van der Waals surface area contributed by atoms with E-state index < -0.39 is 12.7 Å². The minimum absolute atomic E-state index is 0.0218. The molecule has 0 aromatic rings. The van der Waals surface area contributed by atoms with Crippen LogP contribution in [0.4, 0.5) is 13.2 Å². The molecule has 106 valence electrons. The summed E-state index contributed by atoms with van der Waals surface area (Å²) in [6, 6.07) is 0.232. The number of hydrogen-bond donors (Lipinski definition) is 1. The Morgan fingerprint density at radius 1 is 1.17 bits per heavy atom. The van der Waals surface area contributed by atoms with E-state index in [4.69, 9.17) is 0 Å². The third-order valence-electron chi connectivity index (χ3n) is 4.33. The molecule has 2 atom stereocenters. The summed E-state index contributed by atoms with van der Waals surface area (Å²) in [6.07, 6.45) is 2.02. The first kappa shape index (κ1) is 14.1. The molecule has 2 fully saturated rings. The molecule has 2 nitrogen and oxygen atoms in total. The third-order valence-corrected chi connectivity index (χ3v) is 4.33. The predicted octanol–water partition coefficient (Wildman–Crippen LogP) is 2.79. The molecule has 2 unspecified atom stereocenters. The summed E-state index contributed by atoms with van der Waals surface area (Å²) < 4.78 is 37.6. The van der Waals surface area contributed by atoms with Crippen molar-refractivity contribution < 1.29 is 13.2 Å². The van der Waals surface area contributed by atoms with Crippen LogP contribution in [0.1, 0.15) is 39.0 Å². The first-order valence-electron chi connectivity index (χ1n) is 7.00. The molecule has 0 aromatic carbocycles. The summed E-state index contributed by atoms with van der Waals surface area (Å²) in [4.78, 5) is 1.59. The SMILES string of the molecule is CC1CNC(C2CCCCC2)CN1CC(F)(F)F. The summed E-state index contributed by atoms with van der Waals surface area (Å²) in [5.74, 6) is 0.571. The fourth-order valence-electron chi connectivity index (χ4n) is 3.25. The molecule has 1 heterocycles. The van der Waals surface area contributed by atoms with Gasteiger partial charge >= 0.3 is 6.18 Å². The van der Waals surface area contributed by atoms with Crippen LogP contribution in [0.25, 0.3) is 0 Å². The maximum absolute atomic E-state index is 12.5. The van der Waals surface area contributed by atoms with Crippen LogP contribution in [0.2, 0.25) is 0 Å². The quantitative estimate of drug-likeness (QED) is 0.825. The molecule has 1 saturated carbocycles. The van der Waals surface area contributed by atoms with E-state index in [9.17, 15) is 13.2 Å². The van der Waals surface area contributed by atoms with Crippen LogP contribution in [0.5, 0.6) is 0 Å². The molecule has 5 heteroatoms. The summed E-state index contributed by atoms with van der Waals surface area (Å²) >= 11 is 0. The van der Waals surface area contributed by atoms with E-state index in [-0.39, 0.29) is 12.1 Å². The van der Waals surface area contributed by atoms with Crippen LogP contribution < -0.4 is 5.32 Å². The summed E-state index contributed by atoms with van der Waals surface area (Å²) in [6.45, 7) is 2.33. The highest BCUT2D eigenvalue weighted by Gasteiger charge is 2.37. The lowest BCUT2D eigenvalue weighted by atomic mass is 9.82. The summed E-state index contributed by atoms with van der Waals surface area (Å²) in [5, 5.41) is 3.45. The average molecular weight is 264 g/mol. The molecule has 1 aliphatic heterocycles. The van der Waals surface area contributed by atoms with E-state index in [0.29, 0.717) is 19.0 Å². The number of alkyl halides is 3. The van der Waals surface area contributed by atoms with E-state index in [1.807, 2.05) is 6.92 Å². The first-order chi connectivity index (χ1) is 8.46. The molecule has 1 aliphatic carbocycles. The predicted molar refractivity (Wildman–Crippen MR) is 65.5 cm³/mol. The molecular weight excluding hydrogens is 241 g/mol. The zero-order chi connectivity index (χ0) is 13.2. The van der Waals surface area contributed by atoms with Gasteiger partial charge in [-0.25, -0.2) is 0 Å². The number of nitrogens with zero attached hydrogens (tertiary/aromatic N) is 1. The average Bonchev–Trinajstić information content (AvgIpc) is 2.31. The van der Waals surface area contributed by atoms with Gasteiger partial charge in [-0.3, -0.25) is 4.90 Å². The van der Waals surface area contributed by atoms with Crippen molar-refractivity contribution in [1.82, 2.24) is 10.2 Å². The van der Waals surface area contributed by atoms with Gasteiger partial charge in [-0.05, 0) is 25.7 Å². The van der Waals surface area contributed by atoms with Crippen molar-refractivity contribution in [3.8, 4) is 0 Å². The molecule has 0 radical (unpaired) electrons. The van der Waals surface area contributed by atoms with Crippen LogP contribution in [0.15, 0.2) is 0 Å². The van der Waals surface area contributed by atoms with Gasteiger partial charge in [0.05, 0.1) is 6.54 Å². The Morgan fingerprint density at radius 2 is 1.83 bits per heavy atom. The van der Waals surface area contributed by atoms with Crippen molar-refractivity contribution in [2.75, 3.05) is 19.6 Å². The van der Waals surface area contributed by atoms with Gasteiger partial charge in [0.15, 0.2) is 0 Å². The fourth-order valence-corrected chi connectivity index (χ4v) is 3.25. The van der Waals surface area contributed by atoms with Gasteiger partial charge in [0.1, 0.15) is 0 Å². The van der Waals surface area contributed by atoms with E-state index in [1.54, 1.807) is 4.90 Å². The van der Waals surface area contributed by atoms with Crippen LogP contribution in [0, 0.1) is 5.92 Å². The standard InChI is InChI=1S/C13H23F3N2/c1-10-7-17-12(11-5-3-2-4-6-11)8-18(10)9-13(14,15)16/h10-12,17H,2-9H2,1H3. The Labute approximate surface area is 107 Å². The highest BCUT2D eigenvalue weighted by Crippen LogP contribution is 2.29. The summed E-state index contributed by atoms with van der Waals surface area (Å²) in [7, 11) is 0. The normalized spacial score (nSPS) is 32.7. The molecule has 1 N–H and O–H groups in total. The number of hydrogen-bond acceptors (Lipinski definition) is 2. The third kappa shape index (κ3) is 3.85. The van der Waals surface area contributed by atoms with Crippen molar-refractivity contribution in [2.45, 2.75) is 57.3 Å². The Balaban J connectivity index is 1.90. The fraction of sp³-hybridized carbons (Fsp3) is 1.00. The molecule has 2 rings (SSSR count). The number of rotatable bonds is 2. The van der Waals surface area contributed by atoms with E-state index >= 15 is 0 Å². The largest absolute Gasteiger partial charge is 0.401 e. The van der Waals surface area contributed by atoms with Gasteiger partial charge in [-0.1, -0.05) is 19.3 Å². The van der Waals surface area contributed by atoms with Gasteiger partial charge in [0.25, 0.3) is 0 Å². The van der Waals surface area contributed by atoms with Crippen LogP contribution in [-0.4, -0.2) is 42.8 Å². The second-order valence-electron chi connectivity index (χ2n) is 5.81. The van der Waals surface area contributed by atoms with Gasteiger partial charge < -0.3 is 5.32 Å². The van der Waals surface area contributed by atoms with Crippen LogP contribution in [-0.2, 0) is 0 Å². The lowest BCUT2D eigenvalue weighted by Crippen LogP contribution is -2.59. The molecule has 1 saturated heterocycles. The van der Waals surface area contributed by atoms with E-state index in [1.165, 1.54) is 32.1 Å². The van der Waals surface area contributed by atoms with Crippen molar-refractivity contribution in [2.24, 2.45) is 5.92 Å². The highest BCUT2D eigenvalue weighted by atomic mass is 19.4. The number of halogens is 3. The van der Waals surface area contributed by atoms with Crippen molar-refractivity contribution in [3.05, 3.63) is 0 Å². The number of nitrogens with one attached hydrogen (secondary N) is 1.